The number of aliphatic hydroxyl groups is 1. The van der Waals surface area contributed by atoms with Crippen molar-refractivity contribution in [3.63, 3.8) is 0 Å². The summed E-state index contributed by atoms with van der Waals surface area (Å²) < 4.78 is 45.4. The molecule has 2 amide bonds. The minimum absolute atomic E-state index is 0.0760. The number of halogens is 1. The minimum atomic E-state index is -3.89. The molecule has 0 radical (unpaired) electrons. The molecule has 0 saturated carbocycles. The Morgan fingerprint density at radius 3 is 2.59 bits per heavy atom. The molecule has 2 aromatic rings. The molecule has 10 nitrogen and oxygen atoms in total. The molecule has 202 valence electrons. The first kappa shape index (κ1) is 28.5. The second-order valence-corrected chi connectivity index (χ2v) is 11.2. The quantitative estimate of drug-likeness (QED) is 0.418. The summed E-state index contributed by atoms with van der Waals surface area (Å²) in [7, 11) is -3.89. The number of β-amino-alcohol motifs (C(OH)–C–C–N with tert-alkyl or cyclic N) is 1. The molecule has 1 fully saturated rings. The normalized spacial score (nSPS) is 19.6. The third kappa shape index (κ3) is 8.20. The highest BCUT2D eigenvalue weighted by atomic mass is 32.2. The zero-order valence-electron chi connectivity index (χ0n) is 20.8. The number of carbonyl (C=O) groups is 2. The van der Waals surface area contributed by atoms with E-state index in [2.05, 4.69) is 15.6 Å². The first-order chi connectivity index (χ1) is 17.6. The predicted octanol–water partition coefficient (Wildman–Crippen LogP) is 1.46. The van der Waals surface area contributed by atoms with E-state index in [1.165, 1.54) is 40.8 Å². The Morgan fingerprint density at radius 1 is 1.22 bits per heavy atom. The average Bonchev–Trinajstić information content (AvgIpc) is 3.05. The number of aromatic nitrogens is 1. The predicted molar refractivity (Wildman–Crippen MR) is 133 cm³/mol. The van der Waals surface area contributed by atoms with E-state index in [4.69, 9.17) is 4.74 Å². The van der Waals surface area contributed by atoms with Crippen LogP contribution >= 0.6 is 0 Å². The van der Waals surface area contributed by atoms with Crippen molar-refractivity contribution in [2.45, 2.75) is 56.3 Å². The summed E-state index contributed by atoms with van der Waals surface area (Å²) in [6.45, 7) is 3.43. The highest BCUT2D eigenvalue weighted by molar-refractivity contribution is 7.89. The van der Waals surface area contributed by atoms with Crippen molar-refractivity contribution < 1.29 is 32.2 Å². The van der Waals surface area contributed by atoms with Gasteiger partial charge < -0.3 is 20.5 Å². The molecule has 1 aliphatic heterocycles. The number of amides is 2. The summed E-state index contributed by atoms with van der Waals surface area (Å²) >= 11 is 0. The Labute approximate surface area is 216 Å². The summed E-state index contributed by atoms with van der Waals surface area (Å²) in [5.41, 5.74) is 0. The van der Waals surface area contributed by atoms with Gasteiger partial charge in [0.15, 0.2) is 11.6 Å². The number of nitrogens with one attached hydrogen (secondary N) is 2. The average molecular weight is 537 g/mol. The molecule has 1 aliphatic rings. The molecule has 3 atom stereocenters. The molecule has 0 bridgehead atoms. The van der Waals surface area contributed by atoms with E-state index in [9.17, 15) is 27.5 Å². The van der Waals surface area contributed by atoms with Gasteiger partial charge in [-0.05, 0) is 61.6 Å². The van der Waals surface area contributed by atoms with Gasteiger partial charge in [-0.2, -0.15) is 4.31 Å². The number of hydrogen-bond acceptors (Lipinski definition) is 7. The van der Waals surface area contributed by atoms with Gasteiger partial charge in [-0.25, -0.2) is 17.8 Å². The van der Waals surface area contributed by atoms with E-state index in [1.54, 1.807) is 12.1 Å². The van der Waals surface area contributed by atoms with Crippen LogP contribution in [0.3, 0.4) is 0 Å². The largest absolute Gasteiger partial charge is 0.484 e. The topological polar surface area (TPSA) is 138 Å². The van der Waals surface area contributed by atoms with Crippen LogP contribution in [-0.4, -0.2) is 72.5 Å². The van der Waals surface area contributed by atoms with Crippen molar-refractivity contribution in [3.8, 4) is 5.75 Å². The third-order valence-corrected chi connectivity index (χ3v) is 7.67. The summed E-state index contributed by atoms with van der Waals surface area (Å²) in [6.07, 6.45) is 1.36. The molecule has 1 aromatic heterocycles. The monoisotopic (exact) mass is 536 g/mol. The number of sulfonamides is 1. The Balaban J connectivity index is 1.60. The number of nitrogens with zero attached hydrogens (tertiary/aromatic N) is 2. The van der Waals surface area contributed by atoms with Crippen LogP contribution in [0.2, 0.25) is 0 Å². The van der Waals surface area contributed by atoms with Gasteiger partial charge in [0.2, 0.25) is 5.91 Å². The van der Waals surface area contributed by atoms with E-state index >= 15 is 0 Å². The Kier molecular flexibility index (Phi) is 9.95. The summed E-state index contributed by atoms with van der Waals surface area (Å²) in [5, 5.41) is 16.1. The van der Waals surface area contributed by atoms with Crippen LogP contribution in [0.5, 0.6) is 5.75 Å². The first-order valence-corrected chi connectivity index (χ1v) is 13.6. The van der Waals surface area contributed by atoms with Gasteiger partial charge in [0, 0.05) is 19.3 Å². The standard InChI is InChI=1S/C25H33FN4O6S/c1-17(2)14-21(28-23(32)16-36-19-10-8-18(26)9-11-19)25(33)29-20-6-5-13-30(15-22(20)31)37(34,35)24-7-3-4-12-27-24/h3-4,7-12,17,20-22,31H,5-6,13-16H2,1-2H3,(H,28,32)(H,29,33)/t20?,21-,22?/m0/s1. The van der Waals surface area contributed by atoms with Crippen molar-refractivity contribution in [3.05, 3.63) is 54.5 Å². The highest BCUT2D eigenvalue weighted by Gasteiger charge is 2.35. The number of carbonyl (C=O) groups excluding carboxylic acids is 2. The lowest BCUT2D eigenvalue weighted by Gasteiger charge is -2.27. The van der Waals surface area contributed by atoms with Crippen molar-refractivity contribution in [1.82, 2.24) is 19.9 Å². The van der Waals surface area contributed by atoms with Gasteiger partial charge in [0.05, 0.1) is 12.1 Å². The molecule has 3 rings (SSSR count). The maximum atomic E-state index is 13.1. The van der Waals surface area contributed by atoms with Crippen LogP contribution in [0, 0.1) is 11.7 Å². The lowest BCUT2D eigenvalue weighted by Crippen LogP contribution is -2.54. The maximum absolute atomic E-state index is 13.1. The first-order valence-electron chi connectivity index (χ1n) is 12.1. The van der Waals surface area contributed by atoms with E-state index in [0.29, 0.717) is 25.0 Å². The van der Waals surface area contributed by atoms with Crippen molar-refractivity contribution in [2.75, 3.05) is 19.7 Å². The van der Waals surface area contributed by atoms with E-state index in [1.807, 2.05) is 13.8 Å². The zero-order chi connectivity index (χ0) is 27.0. The molecule has 2 heterocycles. The SMILES string of the molecule is CC(C)C[C@H](NC(=O)COc1ccc(F)cc1)C(=O)NC1CCCN(S(=O)(=O)c2ccccn2)CC1O. The van der Waals surface area contributed by atoms with Crippen molar-refractivity contribution >= 4 is 21.8 Å². The fourth-order valence-electron chi connectivity index (χ4n) is 4.03. The van der Waals surface area contributed by atoms with Gasteiger partial charge in [0.1, 0.15) is 17.6 Å². The second kappa shape index (κ2) is 12.9. The fraction of sp³-hybridized carbons (Fsp3) is 0.480. The molecule has 3 N–H and O–H groups in total. The van der Waals surface area contributed by atoms with Crippen LogP contribution in [0.15, 0.2) is 53.7 Å². The molecule has 1 aromatic carbocycles. The van der Waals surface area contributed by atoms with Gasteiger partial charge >= 0.3 is 0 Å². The van der Waals surface area contributed by atoms with Gasteiger partial charge in [0.25, 0.3) is 15.9 Å². The number of hydrogen-bond donors (Lipinski definition) is 3. The van der Waals surface area contributed by atoms with Gasteiger partial charge in [-0.3, -0.25) is 9.59 Å². The van der Waals surface area contributed by atoms with Crippen LogP contribution in [0.1, 0.15) is 33.1 Å². The van der Waals surface area contributed by atoms with Crippen LogP contribution in [0.4, 0.5) is 4.39 Å². The van der Waals surface area contributed by atoms with E-state index in [-0.39, 0.29) is 30.6 Å². The number of ether oxygens (including phenoxy) is 1. The summed E-state index contributed by atoms with van der Waals surface area (Å²) in [4.78, 5) is 29.5. The van der Waals surface area contributed by atoms with Crippen LogP contribution < -0.4 is 15.4 Å². The summed E-state index contributed by atoms with van der Waals surface area (Å²) in [6, 6.07) is 8.22. The molecule has 0 aliphatic carbocycles. The third-order valence-electron chi connectivity index (χ3n) is 5.89. The van der Waals surface area contributed by atoms with Gasteiger partial charge in [-0.1, -0.05) is 19.9 Å². The molecular weight excluding hydrogens is 503 g/mol. The van der Waals surface area contributed by atoms with Gasteiger partial charge in [-0.15, -0.1) is 0 Å². The zero-order valence-corrected chi connectivity index (χ0v) is 21.7. The number of pyridine rings is 1. The lowest BCUT2D eigenvalue weighted by molar-refractivity contribution is -0.131. The minimum Gasteiger partial charge on any atom is -0.484 e. The maximum Gasteiger partial charge on any atom is 0.260 e. The second-order valence-electron chi connectivity index (χ2n) is 9.35. The lowest BCUT2D eigenvalue weighted by atomic mass is 10.0. The Hall–Kier alpha value is -3.09. The Bertz CT molecular complexity index is 1150. The molecule has 37 heavy (non-hydrogen) atoms. The van der Waals surface area contributed by atoms with Crippen LogP contribution in [-0.2, 0) is 19.6 Å². The van der Waals surface area contributed by atoms with E-state index < -0.39 is 45.8 Å². The van der Waals surface area contributed by atoms with E-state index in [0.717, 1.165) is 0 Å². The molecule has 1 saturated heterocycles. The Morgan fingerprint density at radius 2 is 1.95 bits per heavy atom. The molecule has 0 spiro atoms. The fourth-order valence-corrected chi connectivity index (χ4v) is 5.46. The molecule has 12 heteroatoms. The highest BCUT2D eigenvalue weighted by Crippen LogP contribution is 2.20. The smallest absolute Gasteiger partial charge is 0.260 e. The van der Waals surface area contributed by atoms with Crippen LogP contribution in [0.25, 0.3) is 0 Å². The summed E-state index contributed by atoms with van der Waals surface area (Å²) in [5.74, 6) is -1.04. The number of rotatable bonds is 10. The molecular formula is C25H33FN4O6S. The number of benzene rings is 1. The van der Waals surface area contributed by atoms with Crippen molar-refractivity contribution in [2.24, 2.45) is 5.92 Å². The number of aliphatic hydroxyl groups excluding tert-OH is 1. The molecule has 2 unspecified atom stereocenters. The van der Waals surface area contributed by atoms with Crippen molar-refractivity contribution in [1.29, 1.82) is 0 Å².